The van der Waals surface area contributed by atoms with Crippen LogP contribution in [0.3, 0.4) is 0 Å². The molecule has 166 valence electrons. The first-order valence-corrected chi connectivity index (χ1v) is 12.4. The van der Waals surface area contributed by atoms with Crippen molar-refractivity contribution in [1.82, 2.24) is 10.2 Å². The van der Waals surface area contributed by atoms with Crippen molar-refractivity contribution in [3.63, 3.8) is 0 Å². The fourth-order valence-electron chi connectivity index (χ4n) is 3.69. The molecule has 0 radical (unpaired) electrons. The fraction of sp³-hybridized carbons (Fsp3) is 0.417. The zero-order valence-corrected chi connectivity index (χ0v) is 20.0. The van der Waals surface area contributed by atoms with Gasteiger partial charge in [-0.05, 0) is 61.7 Å². The molecule has 0 aromatic heterocycles. The van der Waals surface area contributed by atoms with Crippen molar-refractivity contribution >= 4 is 46.8 Å². The van der Waals surface area contributed by atoms with Crippen LogP contribution in [-0.4, -0.2) is 34.6 Å². The number of nitrogens with one attached hydrogen (secondary N) is 1. The lowest BCUT2D eigenvalue weighted by atomic mass is 10.1. The van der Waals surface area contributed by atoms with Gasteiger partial charge < -0.3 is 10.2 Å². The summed E-state index contributed by atoms with van der Waals surface area (Å²) in [5, 5.41) is 4.46. The predicted molar refractivity (Wildman–Crippen MR) is 129 cm³/mol. The standard InChI is InChI=1S/C24H28Cl2N2O2S/c1-17(24(30)27-21-4-2-3-5-21)28(16-18-6-8-19(25)9-7-18)23(29)14-15-31-22-12-10-20(26)11-13-22/h6-13,17,21H,2-5,14-16H2,1H3,(H,27,30). The Kier molecular flexibility index (Phi) is 9.12. The van der Waals surface area contributed by atoms with Gasteiger partial charge in [0, 0.05) is 39.7 Å². The van der Waals surface area contributed by atoms with Crippen molar-refractivity contribution in [1.29, 1.82) is 0 Å². The summed E-state index contributed by atoms with van der Waals surface area (Å²) in [5.41, 5.74) is 0.948. The topological polar surface area (TPSA) is 49.4 Å². The van der Waals surface area contributed by atoms with E-state index in [0.29, 0.717) is 28.8 Å². The van der Waals surface area contributed by atoms with Crippen LogP contribution in [-0.2, 0) is 16.1 Å². The third-order valence-electron chi connectivity index (χ3n) is 5.53. The molecule has 2 aromatic rings. The van der Waals surface area contributed by atoms with E-state index < -0.39 is 6.04 Å². The Balaban J connectivity index is 1.64. The van der Waals surface area contributed by atoms with Crippen LogP contribution in [0.1, 0.15) is 44.6 Å². The summed E-state index contributed by atoms with van der Waals surface area (Å²) in [7, 11) is 0. The minimum absolute atomic E-state index is 0.0366. The first-order valence-electron chi connectivity index (χ1n) is 10.6. The molecule has 31 heavy (non-hydrogen) atoms. The fourth-order valence-corrected chi connectivity index (χ4v) is 4.78. The molecule has 0 saturated heterocycles. The average Bonchev–Trinajstić information content (AvgIpc) is 3.27. The highest BCUT2D eigenvalue weighted by atomic mass is 35.5. The van der Waals surface area contributed by atoms with Crippen LogP contribution >= 0.6 is 35.0 Å². The smallest absolute Gasteiger partial charge is 0.242 e. The van der Waals surface area contributed by atoms with Gasteiger partial charge in [-0.2, -0.15) is 0 Å². The molecule has 1 atom stereocenters. The van der Waals surface area contributed by atoms with Crippen LogP contribution in [0.2, 0.25) is 10.0 Å². The van der Waals surface area contributed by atoms with Gasteiger partial charge >= 0.3 is 0 Å². The number of halogens is 2. The van der Waals surface area contributed by atoms with Crippen molar-refractivity contribution in [2.75, 3.05) is 5.75 Å². The van der Waals surface area contributed by atoms with Gasteiger partial charge in [0.05, 0.1) is 0 Å². The van der Waals surface area contributed by atoms with Gasteiger partial charge in [0.25, 0.3) is 0 Å². The van der Waals surface area contributed by atoms with Gasteiger partial charge in [0.15, 0.2) is 0 Å². The minimum Gasteiger partial charge on any atom is -0.352 e. The molecule has 3 rings (SSSR count). The molecule has 4 nitrogen and oxygen atoms in total. The lowest BCUT2D eigenvalue weighted by Gasteiger charge is -2.30. The first kappa shape index (κ1) is 24.0. The van der Waals surface area contributed by atoms with Gasteiger partial charge in [0.2, 0.25) is 11.8 Å². The molecule has 2 amide bonds. The van der Waals surface area contributed by atoms with E-state index in [0.717, 1.165) is 36.1 Å². The number of hydrogen-bond donors (Lipinski definition) is 1. The Morgan fingerprint density at radius 1 is 1.03 bits per heavy atom. The van der Waals surface area contributed by atoms with Crippen LogP contribution in [0.4, 0.5) is 0 Å². The zero-order chi connectivity index (χ0) is 22.2. The molecule has 2 aromatic carbocycles. The number of carbonyl (C=O) groups excluding carboxylic acids is 2. The monoisotopic (exact) mass is 478 g/mol. The van der Waals surface area contributed by atoms with E-state index in [4.69, 9.17) is 23.2 Å². The lowest BCUT2D eigenvalue weighted by Crippen LogP contribution is -2.49. The molecule has 7 heteroatoms. The molecule has 0 heterocycles. The summed E-state index contributed by atoms with van der Waals surface area (Å²) in [6, 6.07) is 14.7. The van der Waals surface area contributed by atoms with E-state index in [1.807, 2.05) is 43.3 Å². The van der Waals surface area contributed by atoms with Crippen LogP contribution in [0.5, 0.6) is 0 Å². The van der Waals surface area contributed by atoms with E-state index in [2.05, 4.69) is 5.32 Å². The van der Waals surface area contributed by atoms with E-state index >= 15 is 0 Å². The Bertz CT molecular complexity index is 868. The van der Waals surface area contributed by atoms with E-state index in [-0.39, 0.29) is 17.9 Å². The lowest BCUT2D eigenvalue weighted by molar-refractivity contribution is -0.140. The molecule has 1 saturated carbocycles. The maximum absolute atomic E-state index is 13.1. The third-order valence-corrected chi connectivity index (χ3v) is 7.05. The highest BCUT2D eigenvalue weighted by Crippen LogP contribution is 2.23. The zero-order valence-electron chi connectivity index (χ0n) is 17.7. The molecule has 1 fully saturated rings. The van der Waals surface area contributed by atoms with E-state index in [9.17, 15) is 9.59 Å². The molecule has 1 N–H and O–H groups in total. The van der Waals surface area contributed by atoms with Crippen LogP contribution < -0.4 is 5.32 Å². The summed E-state index contributed by atoms with van der Waals surface area (Å²) >= 11 is 13.5. The van der Waals surface area contributed by atoms with Gasteiger partial charge in [-0.3, -0.25) is 9.59 Å². The van der Waals surface area contributed by atoms with E-state index in [1.54, 1.807) is 28.8 Å². The molecule has 0 aliphatic heterocycles. The molecule has 1 unspecified atom stereocenters. The number of benzene rings is 2. The van der Waals surface area contributed by atoms with Gasteiger partial charge in [0.1, 0.15) is 6.04 Å². The maximum atomic E-state index is 13.1. The van der Waals surface area contributed by atoms with Crippen LogP contribution in [0.25, 0.3) is 0 Å². The SMILES string of the molecule is CC(C(=O)NC1CCCC1)N(Cc1ccc(Cl)cc1)C(=O)CCSc1ccc(Cl)cc1. The quantitative estimate of drug-likeness (QED) is 0.452. The normalized spacial score (nSPS) is 14.9. The molecule has 1 aliphatic carbocycles. The summed E-state index contributed by atoms with van der Waals surface area (Å²) in [4.78, 5) is 28.7. The molecule has 1 aliphatic rings. The second-order valence-corrected chi connectivity index (χ2v) is 9.91. The number of hydrogen-bond acceptors (Lipinski definition) is 3. The van der Waals surface area contributed by atoms with Crippen molar-refractivity contribution in [2.45, 2.75) is 62.6 Å². The van der Waals surface area contributed by atoms with Crippen LogP contribution in [0, 0.1) is 0 Å². The average molecular weight is 479 g/mol. The van der Waals surface area contributed by atoms with Crippen molar-refractivity contribution < 1.29 is 9.59 Å². The van der Waals surface area contributed by atoms with Gasteiger partial charge in [-0.1, -0.05) is 48.2 Å². The second kappa shape index (κ2) is 11.8. The largest absolute Gasteiger partial charge is 0.352 e. The van der Waals surface area contributed by atoms with Crippen LogP contribution in [0.15, 0.2) is 53.4 Å². The summed E-state index contributed by atoms with van der Waals surface area (Å²) < 4.78 is 0. The third kappa shape index (κ3) is 7.44. The number of rotatable bonds is 9. The van der Waals surface area contributed by atoms with Crippen molar-refractivity contribution in [3.8, 4) is 0 Å². The second-order valence-electron chi connectivity index (χ2n) is 7.87. The minimum atomic E-state index is -0.538. The molecule has 0 bridgehead atoms. The number of nitrogens with zero attached hydrogens (tertiary/aromatic N) is 1. The van der Waals surface area contributed by atoms with Crippen molar-refractivity contribution in [2.24, 2.45) is 0 Å². The van der Waals surface area contributed by atoms with E-state index in [1.165, 1.54) is 0 Å². The number of thioether (sulfide) groups is 1. The highest BCUT2D eigenvalue weighted by molar-refractivity contribution is 7.99. The predicted octanol–water partition coefficient (Wildman–Crippen LogP) is 5.95. The number of amides is 2. The molecular weight excluding hydrogens is 451 g/mol. The summed E-state index contributed by atoms with van der Waals surface area (Å²) in [6.45, 7) is 2.19. The Labute approximate surface area is 198 Å². The summed E-state index contributed by atoms with van der Waals surface area (Å²) in [5.74, 6) is 0.513. The Morgan fingerprint density at radius 2 is 1.61 bits per heavy atom. The Morgan fingerprint density at radius 3 is 2.23 bits per heavy atom. The Hall–Kier alpha value is -1.69. The first-order chi connectivity index (χ1) is 14.9. The highest BCUT2D eigenvalue weighted by Gasteiger charge is 2.28. The van der Waals surface area contributed by atoms with Gasteiger partial charge in [-0.25, -0.2) is 0 Å². The maximum Gasteiger partial charge on any atom is 0.242 e. The molecular formula is C24H28Cl2N2O2S. The van der Waals surface area contributed by atoms with Gasteiger partial charge in [-0.15, -0.1) is 11.8 Å². The summed E-state index contributed by atoms with van der Waals surface area (Å²) in [6.07, 6.45) is 4.67. The number of carbonyl (C=O) groups is 2. The molecule has 0 spiro atoms. The van der Waals surface area contributed by atoms with Crippen molar-refractivity contribution in [3.05, 3.63) is 64.1 Å².